The monoisotopic (exact) mass is 544 g/mol. The standard InChI is InChI=1S/C16H14O3S.C15H14O2S/c17-15(10-11-16(18)19)12-6-8-14(9-7-12)20-13-4-2-1-3-5-13;16-15(17)11-8-12-6-9-14(10-7-12)18-13-4-2-1-3-5-13/h1-9H,10-11H2,(H,18,19);1-7,9-10H,8,11H2,(H,16,17). The lowest BCUT2D eigenvalue weighted by atomic mass is 10.1. The molecule has 0 fully saturated rings. The second-order valence-electron chi connectivity index (χ2n) is 8.21. The molecule has 0 unspecified atom stereocenters. The van der Waals surface area contributed by atoms with Crippen LogP contribution >= 0.6 is 23.5 Å². The highest BCUT2D eigenvalue weighted by molar-refractivity contribution is 7.99. The molecule has 194 valence electrons. The third-order valence-electron chi connectivity index (χ3n) is 5.25. The molecular formula is C31H28O5S2. The summed E-state index contributed by atoms with van der Waals surface area (Å²) < 4.78 is 0. The molecule has 0 aliphatic rings. The number of carbonyl (C=O) groups excluding carboxylic acids is 1. The van der Waals surface area contributed by atoms with E-state index in [4.69, 9.17) is 10.2 Å². The minimum Gasteiger partial charge on any atom is -0.481 e. The van der Waals surface area contributed by atoms with E-state index in [0.717, 1.165) is 15.4 Å². The summed E-state index contributed by atoms with van der Waals surface area (Å²) in [5.74, 6) is -1.84. The van der Waals surface area contributed by atoms with Gasteiger partial charge in [0.05, 0.1) is 6.42 Å². The van der Waals surface area contributed by atoms with Crippen LogP contribution in [0.15, 0.2) is 129 Å². The van der Waals surface area contributed by atoms with E-state index in [0.29, 0.717) is 12.0 Å². The highest BCUT2D eigenvalue weighted by atomic mass is 32.2. The number of rotatable bonds is 11. The van der Waals surface area contributed by atoms with Crippen molar-refractivity contribution >= 4 is 41.2 Å². The Morgan fingerprint density at radius 2 is 0.921 bits per heavy atom. The van der Waals surface area contributed by atoms with Crippen molar-refractivity contribution in [1.82, 2.24) is 0 Å². The van der Waals surface area contributed by atoms with Crippen molar-refractivity contribution in [3.05, 3.63) is 120 Å². The van der Waals surface area contributed by atoms with E-state index < -0.39 is 11.9 Å². The number of benzene rings is 4. The number of aryl methyl sites for hydroxylation is 1. The van der Waals surface area contributed by atoms with Crippen LogP contribution in [0.2, 0.25) is 0 Å². The summed E-state index contributed by atoms with van der Waals surface area (Å²) in [6.45, 7) is 0. The van der Waals surface area contributed by atoms with Crippen LogP contribution in [0.5, 0.6) is 0 Å². The number of hydrogen-bond donors (Lipinski definition) is 2. The van der Waals surface area contributed by atoms with Crippen LogP contribution < -0.4 is 0 Å². The molecular weight excluding hydrogens is 516 g/mol. The first kappa shape index (κ1) is 28.8. The quantitative estimate of drug-likeness (QED) is 0.187. The number of carbonyl (C=O) groups is 3. The first-order valence-electron chi connectivity index (χ1n) is 12.0. The molecule has 0 spiro atoms. The summed E-state index contributed by atoms with van der Waals surface area (Å²) >= 11 is 3.33. The summed E-state index contributed by atoms with van der Waals surface area (Å²) in [5, 5.41) is 17.2. The van der Waals surface area contributed by atoms with Crippen LogP contribution in [0, 0.1) is 0 Å². The van der Waals surface area contributed by atoms with Crippen LogP contribution in [0.25, 0.3) is 0 Å². The zero-order valence-corrected chi connectivity index (χ0v) is 22.3. The lowest BCUT2D eigenvalue weighted by Gasteiger charge is -2.03. The second kappa shape index (κ2) is 15.4. The predicted octanol–water partition coefficient (Wildman–Crippen LogP) is 7.74. The maximum absolute atomic E-state index is 11.7. The van der Waals surface area contributed by atoms with E-state index in [1.807, 2.05) is 84.9 Å². The van der Waals surface area contributed by atoms with Crippen LogP contribution in [-0.2, 0) is 16.0 Å². The molecule has 2 N–H and O–H groups in total. The third kappa shape index (κ3) is 10.7. The van der Waals surface area contributed by atoms with E-state index in [1.165, 1.54) is 9.79 Å². The molecule has 0 saturated carbocycles. The van der Waals surface area contributed by atoms with Crippen molar-refractivity contribution < 1.29 is 24.6 Å². The molecule has 4 aromatic carbocycles. The molecule has 0 heterocycles. The number of Topliss-reactive ketones (excluding diaryl/α,β-unsaturated/α-hetero) is 1. The first-order chi connectivity index (χ1) is 18.4. The topological polar surface area (TPSA) is 91.7 Å². The Bertz CT molecular complexity index is 1310. The number of hydrogen-bond acceptors (Lipinski definition) is 5. The average Bonchev–Trinajstić information content (AvgIpc) is 2.93. The lowest BCUT2D eigenvalue weighted by molar-refractivity contribution is -0.137. The van der Waals surface area contributed by atoms with Crippen molar-refractivity contribution in [3.8, 4) is 0 Å². The Labute approximate surface area is 230 Å². The van der Waals surface area contributed by atoms with Gasteiger partial charge in [0, 0.05) is 38.0 Å². The van der Waals surface area contributed by atoms with Crippen LogP contribution in [0.1, 0.15) is 35.2 Å². The smallest absolute Gasteiger partial charge is 0.303 e. The molecule has 38 heavy (non-hydrogen) atoms. The largest absolute Gasteiger partial charge is 0.481 e. The van der Waals surface area contributed by atoms with Gasteiger partial charge in [0.15, 0.2) is 5.78 Å². The van der Waals surface area contributed by atoms with Crippen molar-refractivity contribution in [2.75, 3.05) is 0 Å². The Morgan fingerprint density at radius 3 is 1.37 bits per heavy atom. The lowest BCUT2D eigenvalue weighted by Crippen LogP contribution is -2.03. The maximum Gasteiger partial charge on any atom is 0.303 e. The van der Waals surface area contributed by atoms with Crippen molar-refractivity contribution in [3.63, 3.8) is 0 Å². The van der Waals surface area contributed by atoms with Crippen molar-refractivity contribution in [2.45, 2.75) is 45.3 Å². The van der Waals surface area contributed by atoms with Gasteiger partial charge in [-0.05, 0) is 60.5 Å². The van der Waals surface area contributed by atoms with Gasteiger partial charge < -0.3 is 10.2 Å². The predicted molar refractivity (Wildman–Crippen MR) is 151 cm³/mol. The fourth-order valence-electron chi connectivity index (χ4n) is 3.30. The van der Waals surface area contributed by atoms with Gasteiger partial charge in [-0.15, -0.1) is 0 Å². The average molecular weight is 545 g/mol. The van der Waals surface area contributed by atoms with Crippen LogP contribution in [-0.4, -0.2) is 27.9 Å². The molecule has 5 nitrogen and oxygen atoms in total. The number of carboxylic acids is 2. The van der Waals surface area contributed by atoms with Gasteiger partial charge in [-0.3, -0.25) is 14.4 Å². The maximum atomic E-state index is 11.7. The van der Waals surface area contributed by atoms with Gasteiger partial charge in [0.25, 0.3) is 0 Å². The Kier molecular flexibility index (Phi) is 11.7. The first-order valence-corrected chi connectivity index (χ1v) is 13.6. The van der Waals surface area contributed by atoms with Gasteiger partial charge in [-0.1, -0.05) is 84.2 Å². The van der Waals surface area contributed by atoms with E-state index in [9.17, 15) is 14.4 Å². The minimum atomic E-state index is -0.949. The molecule has 0 amide bonds. The van der Waals surface area contributed by atoms with Crippen molar-refractivity contribution in [2.24, 2.45) is 0 Å². The van der Waals surface area contributed by atoms with Gasteiger partial charge in [0.1, 0.15) is 0 Å². The number of ketones is 1. The molecule has 4 rings (SSSR count). The summed E-state index contributed by atoms with van der Waals surface area (Å²) in [7, 11) is 0. The van der Waals surface area contributed by atoms with E-state index in [1.54, 1.807) is 35.7 Å². The summed E-state index contributed by atoms with van der Waals surface area (Å²) in [6, 6.07) is 35.5. The molecule has 0 radical (unpaired) electrons. The molecule has 7 heteroatoms. The summed E-state index contributed by atoms with van der Waals surface area (Å²) in [6.07, 6.45) is 0.691. The number of carboxylic acid groups (broad SMARTS) is 2. The normalized spacial score (nSPS) is 10.2. The zero-order valence-electron chi connectivity index (χ0n) is 20.7. The third-order valence-corrected chi connectivity index (χ3v) is 7.28. The van der Waals surface area contributed by atoms with Gasteiger partial charge >= 0.3 is 11.9 Å². The Balaban J connectivity index is 0.000000212. The fourth-order valence-corrected chi connectivity index (χ4v) is 4.97. The van der Waals surface area contributed by atoms with E-state index in [-0.39, 0.29) is 25.0 Å². The van der Waals surface area contributed by atoms with Crippen LogP contribution in [0.4, 0.5) is 0 Å². The highest BCUT2D eigenvalue weighted by Gasteiger charge is 2.08. The summed E-state index contributed by atoms with van der Waals surface area (Å²) in [5.41, 5.74) is 1.62. The SMILES string of the molecule is O=C(O)CCC(=O)c1ccc(Sc2ccccc2)cc1.O=C(O)CCc1ccc(Sc2ccccc2)cc1. The van der Waals surface area contributed by atoms with Gasteiger partial charge in [-0.25, -0.2) is 0 Å². The Morgan fingerprint density at radius 1 is 0.500 bits per heavy atom. The van der Waals surface area contributed by atoms with Gasteiger partial charge in [0.2, 0.25) is 0 Å². The number of aliphatic carboxylic acids is 2. The molecule has 0 aliphatic heterocycles. The van der Waals surface area contributed by atoms with E-state index >= 15 is 0 Å². The molecule has 4 aromatic rings. The Hall–Kier alpha value is -3.81. The van der Waals surface area contributed by atoms with Crippen LogP contribution in [0.3, 0.4) is 0 Å². The van der Waals surface area contributed by atoms with Crippen molar-refractivity contribution in [1.29, 1.82) is 0 Å². The zero-order chi connectivity index (χ0) is 27.2. The van der Waals surface area contributed by atoms with Gasteiger partial charge in [-0.2, -0.15) is 0 Å². The molecule has 0 saturated heterocycles. The molecule has 0 aliphatic carbocycles. The molecule has 0 atom stereocenters. The molecule has 0 bridgehead atoms. The highest BCUT2D eigenvalue weighted by Crippen LogP contribution is 2.28. The molecule has 0 aromatic heterocycles. The minimum absolute atomic E-state index is 0.0422. The second-order valence-corrected chi connectivity index (χ2v) is 10.5. The fraction of sp³-hybridized carbons (Fsp3) is 0.129. The van der Waals surface area contributed by atoms with E-state index in [2.05, 4.69) is 12.1 Å². The summed E-state index contributed by atoms with van der Waals surface area (Å²) in [4.78, 5) is 37.2.